The van der Waals surface area contributed by atoms with Crippen molar-refractivity contribution in [1.82, 2.24) is 0 Å². The third-order valence-corrected chi connectivity index (χ3v) is 10.2. The summed E-state index contributed by atoms with van der Waals surface area (Å²) in [5.74, 6) is -5.47. The average molecular weight is 709 g/mol. The Kier molecular flexibility index (Phi) is 29.0. The normalized spacial score (nSPS) is 18.8. The van der Waals surface area contributed by atoms with Crippen LogP contribution in [0, 0.1) is 23.7 Å². The van der Waals surface area contributed by atoms with E-state index in [0.717, 1.165) is 77.0 Å². The molecule has 0 radical (unpaired) electrons. The first kappa shape index (κ1) is 45.9. The number of carbonyl (C=O) groups excluding carboxylic acids is 4. The summed E-state index contributed by atoms with van der Waals surface area (Å²) in [6.45, 7) is 9.82. The standard InChI is InChI=1S/C42H76O8/c1-5-9-13-17-21-25-29-47-39(43)35-33-37(41(45)49-31-27-23-19-15-11-7-3)38(42(46)50-32-28-24-20-16-12-8-4)34-36(35)40(44)48-30-26-22-18-14-10-6-2/h35-38H,5-34H2,1-4H3. The zero-order valence-electron chi connectivity index (χ0n) is 32.8. The van der Waals surface area contributed by atoms with Crippen molar-refractivity contribution < 1.29 is 38.1 Å². The first-order valence-electron chi connectivity index (χ1n) is 21.1. The first-order chi connectivity index (χ1) is 24.4. The van der Waals surface area contributed by atoms with E-state index in [0.29, 0.717) is 0 Å². The lowest BCUT2D eigenvalue weighted by Crippen LogP contribution is -2.46. The Bertz CT molecular complexity index is 736. The number of hydrogen-bond donors (Lipinski definition) is 0. The number of unbranched alkanes of at least 4 members (excludes halogenated alkanes) is 20. The van der Waals surface area contributed by atoms with Crippen LogP contribution in [-0.4, -0.2) is 50.3 Å². The summed E-state index contributed by atoms with van der Waals surface area (Å²) < 4.78 is 22.9. The summed E-state index contributed by atoms with van der Waals surface area (Å²) in [4.78, 5) is 54.3. The van der Waals surface area contributed by atoms with E-state index in [1.54, 1.807) is 0 Å². The molecule has 1 fully saturated rings. The van der Waals surface area contributed by atoms with E-state index < -0.39 is 47.5 Å². The predicted octanol–water partition coefficient (Wildman–Crippen LogP) is 10.9. The van der Waals surface area contributed by atoms with Crippen molar-refractivity contribution in [2.24, 2.45) is 23.7 Å². The summed E-state index contributed by atoms with van der Waals surface area (Å²) in [6.07, 6.45) is 25.5. The maximum Gasteiger partial charge on any atom is 0.309 e. The van der Waals surface area contributed by atoms with E-state index in [-0.39, 0.29) is 39.3 Å². The number of hydrogen-bond acceptors (Lipinski definition) is 8. The van der Waals surface area contributed by atoms with Crippen LogP contribution in [0.4, 0.5) is 0 Å². The summed E-state index contributed by atoms with van der Waals surface area (Å²) in [7, 11) is 0. The molecule has 1 aliphatic rings. The molecule has 1 rings (SSSR count). The van der Waals surface area contributed by atoms with Crippen LogP contribution in [-0.2, 0) is 38.1 Å². The number of ether oxygens (including phenoxy) is 4. The van der Waals surface area contributed by atoms with Crippen LogP contribution in [0.1, 0.15) is 195 Å². The Morgan fingerprint density at radius 2 is 0.500 bits per heavy atom. The molecule has 8 nitrogen and oxygen atoms in total. The molecule has 8 heteroatoms. The Labute approximate surface area is 306 Å². The fourth-order valence-corrected chi connectivity index (χ4v) is 6.89. The molecule has 0 aromatic carbocycles. The Morgan fingerprint density at radius 3 is 0.700 bits per heavy atom. The molecule has 0 amide bonds. The van der Waals surface area contributed by atoms with Gasteiger partial charge in [0.2, 0.25) is 0 Å². The second-order valence-electron chi connectivity index (χ2n) is 14.6. The van der Waals surface area contributed by atoms with Crippen molar-refractivity contribution in [3.63, 3.8) is 0 Å². The molecule has 4 atom stereocenters. The largest absolute Gasteiger partial charge is 0.465 e. The lowest BCUT2D eigenvalue weighted by atomic mass is 9.68. The summed E-state index contributed by atoms with van der Waals surface area (Å²) in [6, 6.07) is 0. The average Bonchev–Trinajstić information content (AvgIpc) is 3.12. The molecule has 1 saturated carbocycles. The highest BCUT2D eigenvalue weighted by Gasteiger charge is 2.51. The predicted molar refractivity (Wildman–Crippen MR) is 201 cm³/mol. The highest BCUT2D eigenvalue weighted by molar-refractivity contribution is 5.87. The van der Waals surface area contributed by atoms with Crippen LogP contribution in [0.15, 0.2) is 0 Å². The maximum atomic E-state index is 13.6. The van der Waals surface area contributed by atoms with E-state index in [9.17, 15) is 19.2 Å². The number of carbonyl (C=O) groups is 4. The van der Waals surface area contributed by atoms with Gasteiger partial charge in [0.25, 0.3) is 0 Å². The molecule has 292 valence electrons. The minimum Gasteiger partial charge on any atom is -0.465 e. The molecule has 0 N–H and O–H groups in total. The van der Waals surface area contributed by atoms with Gasteiger partial charge in [0.15, 0.2) is 0 Å². The molecule has 4 unspecified atom stereocenters. The summed E-state index contributed by atoms with van der Waals surface area (Å²) >= 11 is 0. The van der Waals surface area contributed by atoms with Gasteiger partial charge in [-0.05, 0) is 38.5 Å². The summed E-state index contributed by atoms with van der Waals surface area (Å²) in [5, 5.41) is 0. The van der Waals surface area contributed by atoms with E-state index in [1.165, 1.54) is 77.0 Å². The highest BCUT2D eigenvalue weighted by atomic mass is 16.5. The first-order valence-corrected chi connectivity index (χ1v) is 21.1. The Morgan fingerprint density at radius 1 is 0.320 bits per heavy atom. The monoisotopic (exact) mass is 709 g/mol. The van der Waals surface area contributed by atoms with Gasteiger partial charge in [-0.2, -0.15) is 0 Å². The molecule has 50 heavy (non-hydrogen) atoms. The van der Waals surface area contributed by atoms with Gasteiger partial charge in [-0.25, -0.2) is 0 Å². The molecule has 0 aromatic heterocycles. The van der Waals surface area contributed by atoms with Gasteiger partial charge in [0.05, 0.1) is 50.1 Å². The van der Waals surface area contributed by atoms with Crippen molar-refractivity contribution in [2.75, 3.05) is 26.4 Å². The fourth-order valence-electron chi connectivity index (χ4n) is 6.89. The van der Waals surface area contributed by atoms with Crippen LogP contribution in [0.25, 0.3) is 0 Å². The minimum atomic E-state index is -0.874. The van der Waals surface area contributed by atoms with E-state index in [1.807, 2.05) is 0 Å². The Hall–Kier alpha value is -2.12. The van der Waals surface area contributed by atoms with Crippen molar-refractivity contribution >= 4 is 23.9 Å². The molecular formula is C42H76O8. The van der Waals surface area contributed by atoms with E-state index >= 15 is 0 Å². The van der Waals surface area contributed by atoms with Crippen LogP contribution in [0.3, 0.4) is 0 Å². The third kappa shape index (κ3) is 21.3. The molecule has 0 spiro atoms. The van der Waals surface area contributed by atoms with Gasteiger partial charge in [-0.3, -0.25) is 19.2 Å². The third-order valence-electron chi connectivity index (χ3n) is 10.2. The van der Waals surface area contributed by atoms with Crippen molar-refractivity contribution in [1.29, 1.82) is 0 Å². The van der Waals surface area contributed by atoms with E-state index in [4.69, 9.17) is 18.9 Å². The SMILES string of the molecule is CCCCCCCCOC(=O)C1CC(C(=O)OCCCCCCCC)C(C(=O)OCCCCCCCC)CC1C(=O)OCCCCCCCC. The van der Waals surface area contributed by atoms with Gasteiger partial charge in [0.1, 0.15) is 0 Å². The molecular weight excluding hydrogens is 632 g/mol. The molecule has 0 aromatic rings. The highest BCUT2D eigenvalue weighted by Crippen LogP contribution is 2.41. The molecule has 0 heterocycles. The van der Waals surface area contributed by atoms with Crippen molar-refractivity contribution in [3.05, 3.63) is 0 Å². The number of rotatable bonds is 32. The van der Waals surface area contributed by atoms with Crippen molar-refractivity contribution in [3.8, 4) is 0 Å². The minimum absolute atomic E-state index is 0.0121. The second-order valence-corrected chi connectivity index (χ2v) is 14.6. The van der Waals surface area contributed by atoms with E-state index in [2.05, 4.69) is 27.7 Å². The van der Waals surface area contributed by atoms with Crippen LogP contribution in [0.5, 0.6) is 0 Å². The van der Waals surface area contributed by atoms with Crippen LogP contribution in [0.2, 0.25) is 0 Å². The van der Waals surface area contributed by atoms with Gasteiger partial charge >= 0.3 is 23.9 Å². The smallest absolute Gasteiger partial charge is 0.309 e. The van der Waals surface area contributed by atoms with Gasteiger partial charge < -0.3 is 18.9 Å². The quantitative estimate of drug-likeness (QED) is 0.0386. The molecule has 0 saturated heterocycles. The number of esters is 4. The van der Waals surface area contributed by atoms with Gasteiger partial charge in [0, 0.05) is 0 Å². The fraction of sp³-hybridized carbons (Fsp3) is 0.905. The lowest BCUT2D eigenvalue weighted by molar-refractivity contribution is -0.175. The van der Waals surface area contributed by atoms with Gasteiger partial charge in [-0.1, -0.05) is 156 Å². The van der Waals surface area contributed by atoms with Crippen LogP contribution >= 0.6 is 0 Å². The lowest BCUT2D eigenvalue weighted by Gasteiger charge is -2.37. The molecule has 0 bridgehead atoms. The summed E-state index contributed by atoms with van der Waals surface area (Å²) in [5.41, 5.74) is 0. The molecule has 1 aliphatic carbocycles. The topological polar surface area (TPSA) is 105 Å². The Balaban J connectivity index is 3.01. The second kappa shape index (κ2) is 31.6. The van der Waals surface area contributed by atoms with Gasteiger partial charge in [-0.15, -0.1) is 0 Å². The maximum absolute atomic E-state index is 13.6. The van der Waals surface area contributed by atoms with Crippen molar-refractivity contribution in [2.45, 2.75) is 195 Å². The zero-order chi connectivity index (χ0) is 36.7. The molecule has 0 aliphatic heterocycles. The van der Waals surface area contributed by atoms with Crippen LogP contribution < -0.4 is 0 Å². The zero-order valence-corrected chi connectivity index (χ0v) is 32.8.